The van der Waals surface area contributed by atoms with Crippen LogP contribution in [0.25, 0.3) is 16.7 Å². The van der Waals surface area contributed by atoms with Crippen LogP contribution in [-0.2, 0) is 21.9 Å². The summed E-state index contributed by atoms with van der Waals surface area (Å²) in [6, 6.07) is 22.3. The molecule has 0 spiro atoms. The molecule has 10 nitrogen and oxygen atoms in total. The van der Waals surface area contributed by atoms with E-state index in [1.54, 1.807) is 27.2 Å². The monoisotopic (exact) mass is 643 g/mol. The molecule has 2 aromatic heterocycles. The number of fused-ring (bicyclic) bond motifs is 1. The zero-order valence-electron chi connectivity index (χ0n) is 25.8. The summed E-state index contributed by atoms with van der Waals surface area (Å²) in [6.45, 7) is 9.23. The topological polar surface area (TPSA) is 122 Å². The standard InChI is InChI=1S/C33H37N7O3S2/c1-22-8-10-26(11-9-22)40-31(21-30(36-40)33(2,3)4)35-32(41)34-25-7-5-6-24(19-25)18-23-14-16-39(17-15-23)45(42,43)27-12-13-28-29(20-27)38-44-37-28/h5-13,19-21,23H,14-18H2,1-4H3,(H2,34,35,41). The Kier molecular flexibility index (Phi) is 8.47. The molecule has 234 valence electrons. The summed E-state index contributed by atoms with van der Waals surface area (Å²) in [7, 11) is -3.59. The number of carbonyl (C=O) groups excluding carboxylic acids is 1. The molecular weight excluding hydrogens is 607 g/mol. The number of nitrogens with zero attached hydrogens (tertiary/aromatic N) is 5. The quantitative estimate of drug-likeness (QED) is 0.202. The van der Waals surface area contributed by atoms with E-state index in [0.717, 1.165) is 53.5 Å². The van der Waals surface area contributed by atoms with Crippen molar-refractivity contribution < 1.29 is 13.2 Å². The largest absolute Gasteiger partial charge is 0.324 e. The van der Waals surface area contributed by atoms with Crippen LogP contribution < -0.4 is 10.6 Å². The molecule has 1 saturated heterocycles. The van der Waals surface area contributed by atoms with Gasteiger partial charge in [0.25, 0.3) is 0 Å². The minimum absolute atomic E-state index is 0.189. The molecule has 0 aliphatic carbocycles. The average Bonchev–Trinajstić information content (AvgIpc) is 3.65. The van der Waals surface area contributed by atoms with Crippen molar-refractivity contribution in [1.29, 1.82) is 0 Å². The molecule has 45 heavy (non-hydrogen) atoms. The summed E-state index contributed by atoms with van der Waals surface area (Å²) < 4.78 is 38.3. The van der Waals surface area contributed by atoms with Crippen molar-refractivity contribution in [2.24, 2.45) is 5.92 Å². The lowest BCUT2D eigenvalue weighted by Gasteiger charge is -2.31. The molecule has 2 N–H and O–H groups in total. The summed E-state index contributed by atoms with van der Waals surface area (Å²) in [5.74, 6) is 0.924. The van der Waals surface area contributed by atoms with Crippen LogP contribution in [0.4, 0.5) is 16.3 Å². The minimum Gasteiger partial charge on any atom is -0.308 e. The van der Waals surface area contributed by atoms with Crippen LogP contribution in [0.1, 0.15) is 50.4 Å². The number of aromatic nitrogens is 4. The molecule has 0 atom stereocenters. The van der Waals surface area contributed by atoms with Crippen molar-refractivity contribution in [1.82, 2.24) is 22.8 Å². The molecule has 0 bridgehead atoms. The summed E-state index contributed by atoms with van der Waals surface area (Å²) in [4.78, 5) is 13.4. The van der Waals surface area contributed by atoms with E-state index in [2.05, 4.69) is 40.2 Å². The second kappa shape index (κ2) is 12.3. The lowest BCUT2D eigenvalue weighted by atomic mass is 9.91. The van der Waals surface area contributed by atoms with Crippen LogP contribution in [-0.4, -0.2) is 50.4 Å². The van der Waals surface area contributed by atoms with Gasteiger partial charge >= 0.3 is 6.03 Å². The molecular formula is C33H37N7O3S2. The Hall–Kier alpha value is -4.13. The van der Waals surface area contributed by atoms with E-state index < -0.39 is 10.0 Å². The number of sulfonamides is 1. The van der Waals surface area contributed by atoms with Gasteiger partial charge in [0.1, 0.15) is 16.9 Å². The molecule has 3 aromatic carbocycles. The van der Waals surface area contributed by atoms with Crippen LogP contribution in [0.5, 0.6) is 0 Å². The van der Waals surface area contributed by atoms with Crippen molar-refractivity contribution in [2.75, 3.05) is 23.7 Å². The number of piperidine rings is 1. The zero-order chi connectivity index (χ0) is 31.8. The fourth-order valence-electron chi connectivity index (χ4n) is 5.53. The summed E-state index contributed by atoms with van der Waals surface area (Å²) in [5.41, 5.74) is 5.78. The fourth-order valence-corrected chi connectivity index (χ4v) is 7.54. The van der Waals surface area contributed by atoms with Crippen LogP contribution in [0.2, 0.25) is 0 Å². The Morgan fingerprint density at radius 3 is 2.40 bits per heavy atom. The van der Waals surface area contributed by atoms with E-state index in [0.29, 0.717) is 41.5 Å². The van der Waals surface area contributed by atoms with Crippen LogP contribution >= 0.6 is 11.7 Å². The first kappa shape index (κ1) is 30.9. The maximum atomic E-state index is 13.3. The number of amides is 2. The molecule has 6 rings (SSSR count). The van der Waals surface area contributed by atoms with Gasteiger partial charge in [0.2, 0.25) is 10.0 Å². The van der Waals surface area contributed by atoms with Gasteiger partial charge < -0.3 is 5.32 Å². The average molecular weight is 644 g/mol. The highest BCUT2D eigenvalue weighted by atomic mass is 32.2. The Balaban J connectivity index is 1.08. The third-order valence-electron chi connectivity index (χ3n) is 8.14. The van der Waals surface area contributed by atoms with E-state index in [1.807, 2.05) is 61.5 Å². The van der Waals surface area contributed by atoms with Gasteiger partial charge in [0.05, 0.1) is 28.0 Å². The number of aryl methyl sites for hydroxylation is 1. The van der Waals surface area contributed by atoms with Crippen molar-refractivity contribution in [3.63, 3.8) is 0 Å². The first-order chi connectivity index (χ1) is 21.5. The summed E-state index contributed by atoms with van der Waals surface area (Å²) in [6.07, 6.45) is 2.32. The van der Waals surface area contributed by atoms with Gasteiger partial charge in [0.15, 0.2) is 0 Å². The molecule has 1 aliphatic rings. The molecule has 1 aliphatic heterocycles. The van der Waals surface area contributed by atoms with Gasteiger partial charge in [-0.05, 0) is 80.1 Å². The highest BCUT2D eigenvalue weighted by molar-refractivity contribution is 7.89. The molecule has 12 heteroatoms. The Morgan fingerprint density at radius 1 is 0.933 bits per heavy atom. The first-order valence-corrected chi connectivity index (χ1v) is 17.2. The van der Waals surface area contributed by atoms with Gasteiger partial charge in [-0.1, -0.05) is 50.6 Å². The Morgan fingerprint density at radius 2 is 1.67 bits per heavy atom. The predicted molar refractivity (Wildman–Crippen MR) is 179 cm³/mol. The lowest BCUT2D eigenvalue weighted by molar-refractivity contribution is 0.262. The third kappa shape index (κ3) is 6.92. The van der Waals surface area contributed by atoms with E-state index in [-0.39, 0.29) is 16.3 Å². The van der Waals surface area contributed by atoms with Crippen LogP contribution in [0.3, 0.4) is 0 Å². The number of benzene rings is 3. The fraction of sp³-hybridized carbons (Fsp3) is 0.333. The summed E-state index contributed by atoms with van der Waals surface area (Å²) in [5, 5.41) is 10.8. The number of urea groups is 1. The normalized spacial score (nSPS) is 14.9. The summed E-state index contributed by atoms with van der Waals surface area (Å²) >= 11 is 1.08. The van der Waals surface area contributed by atoms with Crippen molar-refractivity contribution in [3.05, 3.63) is 89.6 Å². The van der Waals surface area contributed by atoms with Crippen molar-refractivity contribution in [3.8, 4) is 5.69 Å². The van der Waals surface area contributed by atoms with Crippen LogP contribution in [0.15, 0.2) is 77.7 Å². The number of rotatable bonds is 7. The molecule has 5 aromatic rings. The van der Waals surface area contributed by atoms with Gasteiger partial charge in [-0.15, -0.1) is 0 Å². The SMILES string of the molecule is Cc1ccc(-n2nc(C(C)(C)C)cc2NC(=O)Nc2cccc(CC3CCN(S(=O)(=O)c4ccc5nsnc5c4)CC3)c2)cc1. The van der Waals surface area contributed by atoms with E-state index >= 15 is 0 Å². The molecule has 0 unspecified atom stereocenters. The first-order valence-electron chi connectivity index (χ1n) is 15.0. The Bertz CT molecular complexity index is 1930. The maximum Gasteiger partial charge on any atom is 0.324 e. The number of carbonyl (C=O) groups is 1. The van der Waals surface area contributed by atoms with E-state index in [4.69, 9.17) is 5.10 Å². The van der Waals surface area contributed by atoms with Gasteiger partial charge in [0, 0.05) is 30.3 Å². The van der Waals surface area contributed by atoms with Crippen molar-refractivity contribution >= 4 is 50.3 Å². The zero-order valence-corrected chi connectivity index (χ0v) is 27.5. The number of anilines is 2. The van der Waals surface area contributed by atoms with E-state index in [1.165, 1.54) is 0 Å². The predicted octanol–water partition coefficient (Wildman–Crippen LogP) is 6.77. The third-order valence-corrected chi connectivity index (χ3v) is 10.6. The van der Waals surface area contributed by atoms with Gasteiger partial charge in [-0.25, -0.2) is 17.9 Å². The minimum atomic E-state index is -3.59. The van der Waals surface area contributed by atoms with Crippen molar-refractivity contribution in [2.45, 2.75) is 57.3 Å². The van der Waals surface area contributed by atoms with E-state index in [9.17, 15) is 13.2 Å². The number of nitrogens with one attached hydrogen (secondary N) is 2. The van der Waals surface area contributed by atoms with Gasteiger partial charge in [-0.3, -0.25) is 5.32 Å². The lowest BCUT2D eigenvalue weighted by Crippen LogP contribution is -2.38. The Labute approximate surface area is 267 Å². The second-order valence-corrected chi connectivity index (χ2v) is 15.1. The van der Waals surface area contributed by atoms with Gasteiger partial charge in [-0.2, -0.15) is 18.2 Å². The molecule has 1 fully saturated rings. The smallest absolute Gasteiger partial charge is 0.308 e. The highest BCUT2D eigenvalue weighted by Crippen LogP contribution is 2.29. The molecule has 2 amide bonds. The highest BCUT2D eigenvalue weighted by Gasteiger charge is 2.30. The van der Waals surface area contributed by atoms with Crippen LogP contribution in [0, 0.1) is 12.8 Å². The number of hydrogen-bond donors (Lipinski definition) is 2. The second-order valence-electron chi connectivity index (χ2n) is 12.7. The molecule has 3 heterocycles. The molecule has 0 radical (unpaired) electrons. The maximum absolute atomic E-state index is 13.3. The molecule has 0 saturated carbocycles. The number of hydrogen-bond acceptors (Lipinski definition) is 7.